The van der Waals surface area contributed by atoms with Crippen LogP contribution in [0.25, 0.3) is 0 Å². The Hall–Kier alpha value is -3.46. The van der Waals surface area contributed by atoms with Gasteiger partial charge >= 0.3 is 5.97 Å². The van der Waals surface area contributed by atoms with E-state index in [0.29, 0.717) is 31.9 Å². The molecule has 1 N–H and O–H groups in total. The molecule has 1 aliphatic rings. The Labute approximate surface area is 167 Å². The summed E-state index contributed by atoms with van der Waals surface area (Å²) >= 11 is 0. The van der Waals surface area contributed by atoms with Gasteiger partial charge in [0.25, 0.3) is 11.6 Å². The first-order valence-corrected chi connectivity index (χ1v) is 9.02. The molecule has 152 valence electrons. The molecule has 29 heavy (non-hydrogen) atoms. The molecule has 3 rings (SSSR count). The number of methoxy groups -OCH3 is 1. The minimum atomic E-state index is -0.676. The molecule has 1 heterocycles. The monoisotopic (exact) mass is 399 g/mol. The average Bonchev–Trinajstić information content (AvgIpc) is 2.73. The van der Waals surface area contributed by atoms with Gasteiger partial charge in [-0.05, 0) is 31.2 Å². The lowest BCUT2D eigenvalue weighted by Gasteiger charge is -2.29. The number of hydrogen-bond acceptors (Lipinski definition) is 7. The third-order valence-corrected chi connectivity index (χ3v) is 4.70. The molecule has 1 saturated heterocycles. The molecule has 0 atom stereocenters. The summed E-state index contributed by atoms with van der Waals surface area (Å²) in [6.45, 7) is 4.10. The molecule has 0 aliphatic carbocycles. The van der Waals surface area contributed by atoms with Gasteiger partial charge in [-0.1, -0.05) is 12.1 Å². The number of amides is 1. The summed E-state index contributed by atoms with van der Waals surface area (Å²) in [6, 6.07) is 9.51. The summed E-state index contributed by atoms with van der Waals surface area (Å²) in [4.78, 5) is 37.9. The third kappa shape index (κ3) is 4.35. The molecule has 9 heteroatoms. The molecule has 2 aromatic rings. The predicted molar refractivity (Wildman–Crippen MR) is 107 cm³/mol. The lowest BCUT2D eigenvalue weighted by Crippen LogP contribution is -2.36. The number of nitrogens with one attached hydrogen (secondary N) is 1. The summed E-state index contributed by atoms with van der Waals surface area (Å²) in [7, 11) is 1.25. The Morgan fingerprint density at radius 1 is 1.17 bits per heavy atom. The minimum Gasteiger partial charge on any atom is -0.465 e. The molecular weight excluding hydrogens is 378 g/mol. The number of carbonyl (C=O) groups is 2. The van der Waals surface area contributed by atoms with Crippen molar-refractivity contribution >= 4 is 28.9 Å². The third-order valence-electron chi connectivity index (χ3n) is 4.70. The lowest BCUT2D eigenvalue weighted by molar-refractivity contribution is -0.385. The van der Waals surface area contributed by atoms with Crippen LogP contribution in [0.4, 0.5) is 17.1 Å². The average molecular weight is 399 g/mol. The van der Waals surface area contributed by atoms with Gasteiger partial charge in [-0.15, -0.1) is 0 Å². The fraction of sp³-hybridized carbons (Fsp3) is 0.300. The van der Waals surface area contributed by atoms with Gasteiger partial charge in [0.1, 0.15) is 5.56 Å². The second-order valence-electron chi connectivity index (χ2n) is 6.50. The number of rotatable bonds is 5. The second-order valence-corrected chi connectivity index (χ2v) is 6.50. The molecule has 1 aliphatic heterocycles. The van der Waals surface area contributed by atoms with E-state index >= 15 is 0 Å². The number of para-hydroxylation sites is 1. The van der Waals surface area contributed by atoms with Crippen LogP contribution in [0.1, 0.15) is 26.3 Å². The van der Waals surface area contributed by atoms with Gasteiger partial charge < -0.3 is 19.7 Å². The van der Waals surface area contributed by atoms with Gasteiger partial charge in [0.2, 0.25) is 0 Å². The number of ether oxygens (including phenoxy) is 2. The number of anilines is 2. The van der Waals surface area contributed by atoms with Crippen molar-refractivity contribution in [1.82, 2.24) is 0 Å². The fourth-order valence-electron chi connectivity index (χ4n) is 3.21. The van der Waals surface area contributed by atoms with E-state index in [-0.39, 0.29) is 22.5 Å². The fourth-order valence-corrected chi connectivity index (χ4v) is 3.21. The van der Waals surface area contributed by atoms with Crippen LogP contribution in [0.15, 0.2) is 36.4 Å². The highest BCUT2D eigenvalue weighted by Crippen LogP contribution is 2.28. The number of nitro benzene ring substituents is 1. The van der Waals surface area contributed by atoms with Crippen LogP contribution in [0.2, 0.25) is 0 Å². The number of morpholine rings is 1. The summed E-state index contributed by atoms with van der Waals surface area (Å²) < 4.78 is 10.2. The Balaban J connectivity index is 1.94. The zero-order chi connectivity index (χ0) is 21.0. The Morgan fingerprint density at radius 3 is 2.55 bits per heavy atom. The van der Waals surface area contributed by atoms with Crippen molar-refractivity contribution in [3.8, 4) is 0 Å². The van der Waals surface area contributed by atoms with E-state index in [1.54, 1.807) is 37.3 Å². The molecule has 0 unspecified atom stereocenters. The molecule has 9 nitrogen and oxygen atoms in total. The first-order valence-electron chi connectivity index (χ1n) is 9.02. The Bertz CT molecular complexity index is 953. The zero-order valence-electron chi connectivity index (χ0n) is 16.1. The largest absolute Gasteiger partial charge is 0.465 e. The van der Waals surface area contributed by atoms with Gasteiger partial charge in [0.05, 0.1) is 36.5 Å². The van der Waals surface area contributed by atoms with Gasteiger partial charge in [-0.2, -0.15) is 0 Å². The van der Waals surface area contributed by atoms with Crippen molar-refractivity contribution in [2.24, 2.45) is 0 Å². The molecule has 0 aromatic heterocycles. The van der Waals surface area contributed by atoms with E-state index in [1.807, 2.05) is 0 Å². The normalized spacial score (nSPS) is 13.7. The number of nitro groups is 1. The number of esters is 1. The highest BCUT2D eigenvalue weighted by atomic mass is 16.6. The second kappa shape index (κ2) is 8.70. The maximum Gasteiger partial charge on any atom is 0.340 e. The number of hydrogen-bond donors (Lipinski definition) is 1. The van der Waals surface area contributed by atoms with Crippen molar-refractivity contribution in [1.29, 1.82) is 0 Å². The van der Waals surface area contributed by atoms with Crippen LogP contribution in [-0.4, -0.2) is 50.2 Å². The van der Waals surface area contributed by atoms with Crippen molar-refractivity contribution in [3.05, 3.63) is 63.2 Å². The number of benzene rings is 2. The molecular formula is C20H21N3O6. The van der Waals surface area contributed by atoms with Gasteiger partial charge in [0, 0.05) is 24.3 Å². The minimum absolute atomic E-state index is 0.0805. The van der Waals surface area contributed by atoms with E-state index in [0.717, 1.165) is 5.69 Å². The maximum absolute atomic E-state index is 12.7. The standard InChI is InChI=1S/C20H21N3O6/c1-13-4-3-5-15(18(13)23(26)27)19(24)21-17-7-6-14(12-16(17)20(25)28-2)22-8-10-29-11-9-22/h3-7,12H,8-11H2,1-2H3,(H,21,24). The quantitative estimate of drug-likeness (QED) is 0.467. The van der Waals surface area contributed by atoms with E-state index < -0.39 is 16.8 Å². The topological polar surface area (TPSA) is 111 Å². The summed E-state index contributed by atoms with van der Waals surface area (Å²) in [5, 5.41) is 14.0. The van der Waals surface area contributed by atoms with Crippen molar-refractivity contribution < 1.29 is 24.0 Å². The lowest BCUT2D eigenvalue weighted by atomic mass is 10.1. The number of carbonyl (C=O) groups excluding carboxylic acids is 2. The molecule has 1 fully saturated rings. The highest BCUT2D eigenvalue weighted by Gasteiger charge is 2.24. The van der Waals surface area contributed by atoms with Crippen molar-refractivity contribution in [2.45, 2.75) is 6.92 Å². The molecule has 0 radical (unpaired) electrons. The predicted octanol–water partition coefficient (Wildman–Crippen LogP) is 2.78. The molecule has 0 saturated carbocycles. The first kappa shape index (κ1) is 20.3. The number of aryl methyl sites for hydroxylation is 1. The number of nitrogens with zero attached hydrogens (tertiary/aromatic N) is 2. The van der Waals surface area contributed by atoms with Crippen LogP contribution in [-0.2, 0) is 9.47 Å². The van der Waals surface area contributed by atoms with Gasteiger partial charge in [-0.25, -0.2) is 4.79 Å². The summed E-state index contributed by atoms with van der Waals surface area (Å²) in [5.74, 6) is -1.29. The molecule has 2 aromatic carbocycles. The van der Waals surface area contributed by atoms with Gasteiger partial charge in [0.15, 0.2) is 0 Å². The van der Waals surface area contributed by atoms with E-state index in [9.17, 15) is 19.7 Å². The zero-order valence-corrected chi connectivity index (χ0v) is 16.1. The van der Waals surface area contributed by atoms with Crippen LogP contribution in [0.3, 0.4) is 0 Å². The van der Waals surface area contributed by atoms with Crippen molar-refractivity contribution in [3.63, 3.8) is 0 Å². The van der Waals surface area contributed by atoms with Crippen LogP contribution >= 0.6 is 0 Å². The SMILES string of the molecule is COC(=O)c1cc(N2CCOCC2)ccc1NC(=O)c1cccc(C)c1[N+](=O)[O-]. The van der Waals surface area contributed by atoms with Crippen molar-refractivity contribution in [2.75, 3.05) is 43.6 Å². The Kier molecular flexibility index (Phi) is 6.08. The summed E-state index contributed by atoms with van der Waals surface area (Å²) in [6.07, 6.45) is 0. The van der Waals surface area contributed by atoms with Crippen LogP contribution in [0.5, 0.6) is 0 Å². The van der Waals surface area contributed by atoms with E-state index in [1.165, 1.54) is 13.2 Å². The molecule has 1 amide bonds. The van der Waals surface area contributed by atoms with Crippen LogP contribution < -0.4 is 10.2 Å². The molecule has 0 spiro atoms. The summed E-state index contributed by atoms with van der Waals surface area (Å²) in [5.41, 5.74) is 1.21. The van der Waals surface area contributed by atoms with Gasteiger partial charge in [-0.3, -0.25) is 14.9 Å². The highest BCUT2D eigenvalue weighted by molar-refractivity contribution is 6.10. The first-order chi connectivity index (χ1) is 13.9. The van der Waals surface area contributed by atoms with E-state index in [2.05, 4.69) is 10.2 Å². The smallest absolute Gasteiger partial charge is 0.340 e. The molecule has 0 bridgehead atoms. The van der Waals surface area contributed by atoms with Crippen LogP contribution in [0, 0.1) is 17.0 Å². The maximum atomic E-state index is 12.7. The van der Waals surface area contributed by atoms with E-state index in [4.69, 9.17) is 9.47 Å². The Morgan fingerprint density at radius 2 is 1.90 bits per heavy atom.